The largest absolute Gasteiger partial charge is 0.389 e. The monoisotopic (exact) mass is 344 g/mol. The van der Waals surface area contributed by atoms with E-state index in [1.807, 2.05) is 6.92 Å². The summed E-state index contributed by atoms with van der Waals surface area (Å²) in [6.07, 6.45) is 6.24. The second-order valence-corrected chi connectivity index (χ2v) is 9.73. The number of hydrogen-bond donors (Lipinski definition) is 1. The van der Waals surface area contributed by atoms with Crippen LogP contribution in [-0.2, 0) is 9.59 Å². The van der Waals surface area contributed by atoms with Crippen molar-refractivity contribution < 1.29 is 14.7 Å². The average Bonchev–Trinajstić information content (AvgIpc) is 2.87. The van der Waals surface area contributed by atoms with E-state index in [0.717, 1.165) is 37.7 Å². The molecule has 138 valence electrons. The summed E-state index contributed by atoms with van der Waals surface area (Å²) in [4.78, 5) is 25.2. The fourth-order valence-electron chi connectivity index (χ4n) is 7.65. The minimum Gasteiger partial charge on any atom is -0.389 e. The number of fused-ring (bicyclic) bond motifs is 5. The van der Waals surface area contributed by atoms with Gasteiger partial charge in [-0.15, -0.1) is 0 Å². The molecule has 8 atom stereocenters. The molecule has 0 amide bonds. The molecule has 0 spiro atoms. The van der Waals surface area contributed by atoms with Gasteiger partial charge in [-0.25, -0.2) is 0 Å². The third-order valence-electron chi connectivity index (χ3n) is 8.86. The molecule has 3 heteroatoms. The minimum atomic E-state index is -0.418. The highest BCUT2D eigenvalue weighted by Gasteiger charge is 2.63. The highest BCUT2D eigenvalue weighted by Crippen LogP contribution is 2.66. The summed E-state index contributed by atoms with van der Waals surface area (Å²) in [5.41, 5.74) is 1.71. The van der Waals surface area contributed by atoms with E-state index < -0.39 is 11.5 Å². The van der Waals surface area contributed by atoms with Crippen molar-refractivity contribution in [2.24, 2.45) is 40.4 Å². The SMILES string of the molecule is CC1=C2C(C)C[C@H]3[C@@H]4CCC(=O)[C@@]4(C)CC[C@@H]3[C@@]2(C=O)C(C)C[C@@H]1O. The molecular weight excluding hydrogens is 312 g/mol. The molecule has 3 fully saturated rings. The van der Waals surface area contributed by atoms with E-state index in [1.54, 1.807) is 0 Å². The number of aliphatic hydroxyl groups is 1. The average molecular weight is 344 g/mol. The molecular formula is C22H32O3. The van der Waals surface area contributed by atoms with Crippen LogP contribution in [0, 0.1) is 40.4 Å². The quantitative estimate of drug-likeness (QED) is 0.579. The summed E-state index contributed by atoms with van der Waals surface area (Å²) >= 11 is 0. The molecule has 3 saturated carbocycles. The van der Waals surface area contributed by atoms with Gasteiger partial charge in [0.1, 0.15) is 12.1 Å². The van der Waals surface area contributed by atoms with Gasteiger partial charge in [-0.3, -0.25) is 4.79 Å². The van der Waals surface area contributed by atoms with Gasteiger partial charge in [0.15, 0.2) is 0 Å². The third-order valence-corrected chi connectivity index (χ3v) is 8.86. The summed E-state index contributed by atoms with van der Waals surface area (Å²) in [6.45, 7) is 8.62. The van der Waals surface area contributed by atoms with Gasteiger partial charge in [-0.05, 0) is 74.2 Å². The Balaban J connectivity index is 1.84. The van der Waals surface area contributed by atoms with Gasteiger partial charge >= 0.3 is 0 Å². The van der Waals surface area contributed by atoms with Crippen molar-refractivity contribution >= 4 is 12.1 Å². The van der Waals surface area contributed by atoms with E-state index in [-0.39, 0.29) is 11.3 Å². The normalized spacial score (nSPS) is 52.4. The summed E-state index contributed by atoms with van der Waals surface area (Å²) < 4.78 is 0. The number of allylic oxidation sites excluding steroid dienone is 1. The van der Waals surface area contributed by atoms with E-state index in [2.05, 4.69) is 20.8 Å². The lowest BCUT2D eigenvalue weighted by Gasteiger charge is -2.60. The Labute approximate surface area is 151 Å². The number of ketones is 1. The molecule has 0 saturated heterocycles. The van der Waals surface area contributed by atoms with E-state index in [9.17, 15) is 14.7 Å². The predicted molar refractivity (Wildman–Crippen MR) is 96.8 cm³/mol. The maximum atomic E-state index is 12.6. The van der Waals surface area contributed by atoms with Crippen molar-refractivity contribution in [1.82, 2.24) is 0 Å². The van der Waals surface area contributed by atoms with Crippen molar-refractivity contribution in [3.05, 3.63) is 11.1 Å². The van der Waals surface area contributed by atoms with Gasteiger partial charge in [0.25, 0.3) is 0 Å². The molecule has 0 aromatic heterocycles. The molecule has 4 aliphatic carbocycles. The number of Topliss-reactive ketones (excluding diaryl/α,β-unsaturated/α-hetero) is 1. The Bertz CT molecular complexity index is 650. The third kappa shape index (κ3) is 2.02. The van der Waals surface area contributed by atoms with Crippen LogP contribution in [0.2, 0.25) is 0 Å². The van der Waals surface area contributed by atoms with Crippen molar-refractivity contribution in [3.8, 4) is 0 Å². The van der Waals surface area contributed by atoms with Gasteiger partial charge in [0, 0.05) is 11.8 Å². The maximum absolute atomic E-state index is 12.6. The molecule has 0 aromatic rings. The summed E-state index contributed by atoms with van der Waals surface area (Å²) in [6, 6.07) is 0. The van der Waals surface area contributed by atoms with Crippen molar-refractivity contribution in [1.29, 1.82) is 0 Å². The van der Waals surface area contributed by atoms with E-state index in [1.165, 1.54) is 11.9 Å². The highest BCUT2D eigenvalue weighted by atomic mass is 16.3. The molecule has 3 nitrogen and oxygen atoms in total. The van der Waals surface area contributed by atoms with Gasteiger partial charge in [-0.1, -0.05) is 26.3 Å². The van der Waals surface area contributed by atoms with Crippen LogP contribution in [-0.4, -0.2) is 23.3 Å². The number of aliphatic hydroxyl groups excluding tert-OH is 1. The molecule has 0 bridgehead atoms. The molecule has 0 aliphatic heterocycles. The first kappa shape index (κ1) is 17.5. The second kappa shape index (κ2) is 5.52. The highest BCUT2D eigenvalue weighted by molar-refractivity contribution is 5.87. The smallest absolute Gasteiger partial charge is 0.139 e. The van der Waals surface area contributed by atoms with Crippen molar-refractivity contribution in [2.75, 3.05) is 0 Å². The molecule has 0 aromatic carbocycles. The number of rotatable bonds is 1. The predicted octanol–water partition coefficient (Wildman–Crippen LogP) is 3.94. The molecule has 0 radical (unpaired) electrons. The Morgan fingerprint density at radius 1 is 1.16 bits per heavy atom. The van der Waals surface area contributed by atoms with E-state index >= 15 is 0 Å². The number of hydrogen-bond acceptors (Lipinski definition) is 3. The van der Waals surface area contributed by atoms with Crippen LogP contribution in [0.1, 0.15) is 66.2 Å². The number of carbonyl (C=O) groups excluding carboxylic acids is 2. The van der Waals surface area contributed by atoms with Gasteiger partial charge in [0.2, 0.25) is 0 Å². The van der Waals surface area contributed by atoms with Crippen LogP contribution in [0.4, 0.5) is 0 Å². The van der Waals surface area contributed by atoms with Crippen LogP contribution >= 0.6 is 0 Å². The first-order valence-corrected chi connectivity index (χ1v) is 10.2. The maximum Gasteiger partial charge on any atom is 0.139 e. The van der Waals surface area contributed by atoms with Crippen LogP contribution in [0.3, 0.4) is 0 Å². The Hall–Kier alpha value is -0.960. The fourth-order valence-corrected chi connectivity index (χ4v) is 7.65. The first-order chi connectivity index (χ1) is 11.8. The van der Waals surface area contributed by atoms with Gasteiger partial charge in [-0.2, -0.15) is 0 Å². The number of carbonyl (C=O) groups is 2. The second-order valence-electron chi connectivity index (χ2n) is 9.73. The van der Waals surface area contributed by atoms with Crippen LogP contribution in [0.5, 0.6) is 0 Å². The Kier molecular flexibility index (Phi) is 3.85. The molecule has 25 heavy (non-hydrogen) atoms. The standard InChI is InChI=1S/C22H32O3/c1-12-9-15-16-5-6-19(25)21(16,4)8-7-17(15)22(11-23)13(2)10-18(24)14(3)20(12)22/h11-13,15-18,24H,5-10H2,1-4H3/t12?,13?,15-,16-,17-,18-,21-,22+/m0/s1. The van der Waals surface area contributed by atoms with Crippen molar-refractivity contribution in [2.45, 2.75) is 72.3 Å². The minimum absolute atomic E-state index is 0.154. The Morgan fingerprint density at radius 2 is 1.88 bits per heavy atom. The van der Waals surface area contributed by atoms with Crippen LogP contribution < -0.4 is 0 Å². The molecule has 4 rings (SSSR count). The lowest BCUT2D eigenvalue weighted by Crippen LogP contribution is -2.57. The van der Waals surface area contributed by atoms with Gasteiger partial charge in [0.05, 0.1) is 11.5 Å². The number of aldehydes is 1. The summed E-state index contributed by atoms with van der Waals surface area (Å²) in [7, 11) is 0. The lowest BCUT2D eigenvalue weighted by atomic mass is 9.43. The van der Waals surface area contributed by atoms with E-state index in [4.69, 9.17) is 0 Å². The zero-order valence-corrected chi connectivity index (χ0v) is 16.0. The topological polar surface area (TPSA) is 54.4 Å². The van der Waals surface area contributed by atoms with Crippen LogP contribution in [0.15, 0.2) is 11.1 Å². The molecule has 2 unspecified atom stereocenters. The molecule has 1 N–H and O–H groups in total. The summed E-state index contributed by atoms with van der Waals surface area (Å²) in [5.74, 6) is 2.21. The zero-order valence-electron chi connectivity index (χ0n) is 16.0. The Morgan fingerprint density at radius 3 is 2.56 bits per heavy atom. The van der Waals surface area contributed by atoms with Gasteiger partial charge < -0.3 is 9.90 Å². The molecule has 0 heterocycles. The fraction of sp³-hybridized carbons (Fsp3) is 0.818. The summed E-state index contributed by atoms with van der Waals surface area (Å²) in [5, 5.41) is 10.5. The lowest BCUT2D eigenvalue weighted by molar-refractivity contribution is -0.141. The van der Waals surface area contributed by atoms with E-state index in [0.29, 0.717) is 35.9 Å². The first-order valence-electron chi connectivity index (χ1n) is 10.2. The van der Waals surface area contributed by atoms with Crippen LogP contribution in [0.25, 0.3) is 0 Å². The van der Waals surface area contributed by atoms with Crippen molar-refractivity contribution in [3.63, 3.8) is 0 Å². The molecule has 4 aliphatic rings. The zero-order chi connectivity index (χ0) is 18.1.